The van der Waals surface area contributed by atoms with Crippen LogP contribution in [0.25, 0.3) is 0 Å². The molecular formula is C22H32N8OS. The van der Waals surface area contributed by atoms with Gasteiger partial charge in [-0.15, -0.1) is 0 Å². The fraction of sp³-hybridized carbons (Fsp3) is 0.500. The molecule has 3 N–H and O–H groups in total. The summed E-state index contributed by atoms with van der Waals surface area (Å²) in [6, 6.07) is 1.63. The molecule has 0 radical (unpaired) electrons. The number of hydrogen-bond acceptors (Lipinski definition) is 8. The molecule has 0 saturated carbocycles. The highest BCUT2D eigenvalue weighted by Crippen LogP contribution is 2.25. The maximum Gasteiger partial charge on any atom is 0.132 e. The van der Waals surface area contributed by atoms with Gasteiger partial charge in [0, 0.05) is 77.0 Å². The Labute approximate surface area is 192 Å². The van der Waals surface area contributed by atoms with Gasteiger partial charge in [0.25, 0.3) is 0 Å². The summed E-state index contributed by atoms with van der Waals surface area (Å²) < 4.78 is 13.7. The van der Waals surface area contributed by atoms with E-state index in [1.807, 2.05) is 16.4 Å². The number of allylic oxidation sites excluding steroid dienone is 2. The van der Waals surface area contributed by atoms with E-state index in [1.54, 1.807) is 32.9 Å². The molecule has 0 amide bonds. The number of nitrogens with zero attached hydrogens (tertiary/aromatic N) is 6. The van der Waals surface area contributed by atoms with E-state index in [1.165, 1.54) is 6.21 Å². The molecule has 32 heavy (non-hydrogen) atoms. The summed E-state index contributed by atoms with van der Waals surface area (Å²) in [5.41, 5.74) is 8.81. The lowest BCUT2D eigenvalue weighted by molar-refractivity contribution is 0.411. The van der Waals surface area contributed by atoms with Crippen LogP contribution in [0.4, 0.5) is 5.82 Å². The standard InChI is InChI=1S/C22H32N8OS/c1-25-14-17(13-23)16-5-4-6-19(24)18(11-16)22(26-2)20-12-21(28-15-27-20)29-7-9-30(10-8-29)32(3)31/h4,6,11-17,19,23H,5,7-10,24H2,1-3H3. The second kappa shape index (κ2) is 11.3. The van der Waals surface area contributed by atoms with Gasteiger partial charge in [0.1, 0.15) is 12.1 Å². The van der Waals surface area contributed by atoms with Gasteiger partial charge in [-0.05, 0) is 17.9 Å². The molecule has 1 aromatic rings. The normalized spacial score (nSPS) is 24.8. The molecule has 2 heterocycles. The van der Waals surface area contributed by atoms with Crippen molar-refractivity contribution in [3.8, 4) is 0 Å². The lowest BCUT2D eigenvalue weighted by Crippen LogP contribution is -2.47. The Morgan fingerprint density at radius 3 is 2.69 bits per heavy atom. The van der Waals surface area contributed by atoms with Crippen LogP contribution in [-0.2, 0) is 11.0 Å². The van der Waals surface area contributed by atoms with E-state index in [0.29, 0.717) is 5.69 Å². The highest BCUT2D eigenvalue weighted by Gasteiger charge is 2.25. The van der Waals surface area contributed by atoms with E-state index in [4.69, 9.17) is 11.1 Å². The summed E-state index contributed by atoms with van der Waals surface area (Å²) in [7, 11) is 2.51. The van der Waals surface area contributed by atoms with E-state index in [-0.39, 0.29) is 17.9 Å². The Hall–Kier alpha value is -2.56. The van der Waals surface area contributed by atoms with Crippen LogP contribution in [0.2, 0.25) is 0 Å². The molecule has 4 atom stereocenters. The van der Waals surface area contributed by atoms with Crippen molar-refractivity contribution >= 4 is 34.9 Å². The van der Waals surface area contributed by atoms with Gasteiger partial charge >= 0.3 is 0 Å². The zero-order chi connectivity index (χ0) is 23.1. The highest BCUT2D eigenvalue weighted by molar-refractivity contribution is 7.81. The molecule has 4 unspecified atom stereocenters. The molecule has 10 heteroatoms. The predicted octanol–water partition coefficient (Wildman–Crippen LogP) is 1.11. The molecule has 0 spiro atoms. The van der Waals surface area contributed by atoms with Crippen molar-refractivity contribution in [2.45, 2.75) is 12.5 Å². The minimum Gasteiger partial charge on any atom is -0.354 e. The minimum absolute atomic E-state index is 0.0667. The van der Waals surface area contributed by atoms with Crippen molar-refractivity contribution in [1.29, 1.82) is 5.41 Å². The molecule has 1 fully saturated rings. The quantitative estimate of drug-likeness (QED) is 0.470. The van der Waals surface area contributed by atoms with Gasteiger partial charge in [-0.25, -0.2) is 18.5 Å². The number of aromatic nitrogens is 2. The van der Waals surface area contributed by atoms with Gasteiger partial charge < -0.3 is 21.0 Å². The number of anilines is 1. The fourth-order valence-corrected chi connectivity index (χ4v) is 4.74. The van der Waals surface area contributed by atoms with Crippen LogP contribution in [-0.4, -0.2) is 89.2 Å². The molecule has 1 aliphatic heterocycles. The van der Waals surface area contributed by atoms with Crippen LogP contribution in [0.15, 0.2) is 46.2 Å². The van der Waals surface area contributed by atoms with Crippen LogP contribution in [0.1, 0.15) is 12.1 Å². The molecule has 1 aliphatic carbocycles. The first-order chi connectivity index (χ1) is 15.5. The molecule has 0 aromatic carbocycles. The molecule has 2 aliphatic rings. The number of nitrogens with one attached hydrogen (secondary N) is 1. The molecular weight excluding hydrogens is 424 g/mol. The van der Waals surface area contributed by atoms with Gasteiger partial charge in [-0.1, -0.05) is 18.2 Å². The van der Waals surface area contributed by atoms with E-state index in [9.17, 15) is 4.21 Å². The first-order valence-corrected chi connectivity index (χ1v) is 12.2. The second-order valence-electron chi connectivity index (χ2n) is 7.80. The van der Waals surface area contributed by atoms with E-state index >= 15 is 0 Å². The summed E-state index contributed by atoms with van der Waals surface area (Å²) >= 11 is 0. The molecule has 172 valence electrons. The number of nitrogens with two attached hydrogens (primary N) is 1. The molecule has 9 nitrogen and oxygen atoms in total. The fourth-order valence-electron chi connectivity index (χ4n) is 4.07. The zero-order valence-corrected chi connectivity index (χ0v) is 19.7. The lowest BCUT2D eigenvalue weighted by atomic mass is 9.88. The van der Waals surface area contributed by atoms with Crippen LogP contribution < -0.4 is 10.6 Å². The Morgan fingerprint density at radius 2 is 2.06 bits per heavy atom. The van der Waals surface area contributed by atoms with Crippen LogP contribution in [0.5, 0.6) is 0 Å². The second-order valence-corrected chi connectivity index (χ2v) is 9.16. The van der Waals surface area contributed by atoms with Crippen molar-refractivity contribution in [3.63, 3.8) is 0 Å². The Bertz CT molecular complexity index is 949. The van der Waals surface area contributed by atoms with Crippen molar-refractivity contribution in [2.24, 2.45) is 27.6 Å². The van der Waals surface area contributed by atoms with Crippen LogP contribution in [0, 0.1) is 17.2 Å². The van der Waals surface area contributed by atoms with Gasteiger partial charge in [-0.2, -0.15) is 0 Å². The number of rotatable bonds is 7. The van der Waals surface area contributed by atoms with Crippen LogP contribution >= 0.6 is 0 Å². The number of aliphatic imine (C=N–C) groups is 2. The average Bonchev–Trinajstić information content (AvgIpc) is 3.00. The summed E-state index contributed by atoms with van der Waals surface area (Å²) in [5.74, 6) is 0.782. The third-order valence-electron chi connectivity index (χ3n) is 5.83. The first kappa shape index (κ1) is 24.1. The third-order valence-corrected chi connectivity index (χ3v) is 6.92. The topological polar surface area (TPSA) is 124 Å². The van der Waals surface area contributed by atoms with Crippen molar-refractivity contribution in [3.05, 3.63) is 41.9 Å². The van der Waals surface area contributed by atoms with E-state index in [0.717, 1.165) is 49.7 Å². The van der Waals surface area contributed by atoms with Crippen molar-refractivity contribution < 1.29 is 4.21 Å². The molecule has 1 aromatic heterocycles. The van der Waals surface area contributed by atoms with Crippen molar-refractivity contribution in [1.82, 2.24) is 14.3 Å². The largest absolute Gasteiger partial charge is 0.354 e. The summed E-state index contributed by atoms with van der Waals surface area (Å²) in [5, 5.41) is 7.81. The number of hydrogen-bond donors (Lipinski definition) is 2. The maximum absolute atomic E-state index is 11.7. The minimum atomic E-state index is -0.954. The smallest absolute Gasteiger partial charge is 0.132 e. The Balaban J connectivity index is 1.89. The molecule has 1 saturated heterocycles. The van der Waals surface area contributed by atoms with Gasteiger partial charge in [0.05, 0.1) is 22.4 Å². The molecule has 0 bridgehead atoms. The van der Waals surface area contributed by atoms with Gasteiger partial charge in [0.2, 0.25) is 0 Å². The summed E-state index contributed by atoms with van der Waals surface area (Å²) in [6.45, 7) is 2.95. The SMILES string of the molecule is CN=CC(C=N)C1C=C(C(=NC)c2cc(N3CCN(S(C)=O)CC3)ncn2)C(N)C=CC1. The predicted molar refractivity (Wildman–Crippen MR) is 132 cm³/mol. The maximum atomic E-state index is 11.7. The average molecular weight is 457 g/mol. The summed E-state index contributed by atoms with van der Waals surface area (Å²) in [6.07, 6.45) is 13.4. The first-order valence-electron chi connectivity index (χ1n) is 10.7. The molecule has 3 rings (SSSR count). The van der Waals surface area contributed by atoms with Gasteiger partial charge in [-0.3, -0.25) is 4.99 Å². The van der Waals surface area contributed by atoms with E-state index in [2.05, 4.69) is 37.0 Å². The monoisotopic (exact) mass is 456 g/mol. The van der Waals surface area contributed by atoms with Crippen LogP contribution in [0.3, 0.4) is 0 Å². The Kier molecular flexibility index (Phi) is 8.54. The Morgan fingerprint density at radius 1 is 1.31 bits per heavy atom. The number of piperazine rings is 1. The highest BCUT2D eigenvalue weighted by atomic mass is 32.2. The van der Waals surface area contributed by atoms with Gasteiger partial charge in [0.15, 0.2) is 0 Å². The third kappa shape index (κ3) is 5.62. The lowest BCUT2D eigenvalue weighted by Gasteiger charge is -2.33. The van der Waals surface area contributed by atoms with Crippen molar-refractivity contribution in [2.75, 3.05) is 51.4 Å². The zero-order valence-electron chi connectivity index (χ0n) is 18.9. The summed E-state index contributed by atoms with van der Waals surface area (Å²) in [4.78, 5) is 19.8. The van der Waals surface area contributed by atoms with E-state index < -0.39 is 11.0 Å².